The van der Waals surface area contributed by atoms with Gasteiger partial charge in [-0.2, -0.15) is 0 Å². The Bertz CT molecular complexity index is 143. The van der Waals surface area contributed by atoms with Crippen molar-refractivity contribution in [3.63, 3.8) is 0 Å². The molecule has 0 atom stereocenters. The van der Waals surface area contributed by atoms with E-state index in [0.29, 0.717) is 5.92 Å². The van der Waals surface area contributed by atoms with Gasteiger partial charge in [0.05, 0.1) is 5.97 Å². The summed E-state index contributed by atoms with van der Waals surface area (Å²) in [7, 11) is 0. The van der Waals surface area contributed by atoms with Gasteiger partial charge < -0.3 is 9.90 Å². The predicted octanol–water partition coefficient (Wildman–Crippen LogP) is 0.483. The molecule has 0 aliphatic heterocycles. The van der Waals surface area contributed by atoms with Crippen LogP contribution < -0.4 is 5.11 Å². The van der Waals surface area contributed by atoms with E-state index >= 15 is 0 Å². The van der Waals surface area contributed by atoms with Crippen LogP contribution in [0, 0.1) is 5.92 Å². The fourth-order valence-electron chi connectivity index (χ4n) is 1.36. The second-order valence-corrected chi connectivity index (χ2v) is 2.72. The molecule has 0 saturated heterocycles. The molecular formula is C8H11O2-. The molecular weight excluding hydrogens is 128 g/mol. The van der Waals surface area contributed by atoms with Gasteiger partial charge in [0.25, 0.3) is 0 Å². The van der Waals surface area contributed by atoms with E-state index in [-0.39, 0.29) is 0 Å². The summed E-state index contributed by atoms with van der Waals surface area (Å²) in [4.78, 5) is 9.96. The predicted molar refractivity (Wildman–Crippen MR) is 36.1 cm³/mol. The van der Waals surface area contributed by atoms with E-state index in [1.165, 1.54) is 12.8 Å². The molecule has 0 amide bonds. The maximum Gasteiger partial charge on any atom is 0.0639 e. The van der Waals surface area contributed by atoms with Crippen molar-refractivity contribution in [2.24, 2.45) is 5.92 Å². The number of carbonyl (C=O) groups is 1. The average Bonchev–Trinajstić information content (AvgIpc) is 2.34. The van der Waals surface area contributed by atoms with Crippen LogP contribution in [0.25, 0.3) is 0 Å². The van der Waals surface area contributed by atoms with Crippen molar-refractivity contribution in [3.05, 3.63) is 12.2 Å². The second-order valence-electron chi connectivity index (χ2n) is 2.72. The molecule has 1 rings (SSSR count). The molecule has 1 saturated carbocycles. The number of aliphatic carboxylic acids is 1. The highest BCUT2D eigenvalue weighted by Crippen LogP contribution is 2.25. The highest BCUT2D eigenvalue weighted by Gasteiger charge is 2.10. The van der Waals surface area contributed by atoms with Crippen molar-refractivity contribution >= 4 is 5.97 Å². The largest absolute Gasteiger partial charge is 0.545 e. The summed E-state index contributed by atoms with van der Waals surface area (Å²) >= 11 is 0. The Hall–Kier alpha value is -0.790. The van der Waals surface area contributed by atoms with E-state index < -0.39 is 5.97 Å². The quantitative estimate of drug-likeness (QED) is 0.522. The first-order valence-electron chi connectivity index (χ1n) is 3.68. The number of hydrogen-bond donors (Lipinski definition) is 0. The summed E-state index contributed by atoms with van der Waals surface area (Å²) in [6, 6.07) is 0. The van der Waals surface area contributed by atoms with Crippen LogP contribution in [0.4, 0.5) is 0 Å². The zero-order chi connectivity index (χ0) is 7.40. The lowest BCUT2D eigenvalue weighted by Gasteiger charge is -1.99. The maximum atomic E-state index is 9.96. The van der Waals surface area contributed by atoms with Gasteiger partial charge in [-0.3, -0.25) is 0 Å². The molecule has 1 fully saturated rings. The first-order chi connectivity index (χ1) is 4.79. The fourth-order valence-corrected chi connectivity index (χ4v) is 1.36. The Balaban J connectivity index is 2.29. The van der Waals surface area contributed by atoms with E-state index in [2.05, 4.69) is 0 Å². The van der Waals surface area contributed by atoms with Crippen molar-refractivity contribution < 1.29 is 9.90 Å². The van der Waals surface area contributed by atoms with Crippen LogP contribution in [0.5, 0.6) is 0 Å². The van der Waals surface area contributed by atoms with Gasteiger partial charge in [0.15, 0.2) is 0 Å². The van der Waals surface area contributed by atoms with Gasteiger partial charge in [0, 0.05) is 0 Å². The monoisotopic (exact) mass is 139 g/mol. The summed E-state index contributed by atoms with van der Waals surface area (Å²) < 4.78 is 0. The van der Waals surface area contributed by atoms with Crippen LogP contribution in [0.1, 0.15) is 25.7 Å². The normalized spacial score (nSPS) is 20.4. The van der Waals surface area contributed by atoms with Gasteiger partial charge in [-0.1, -0.05) is 18.9 Å². The number of carboxylic acid groups (broad SMARTS) is 1. The summed E-state index contributed by atoms with van der Waals surface area (Å²) in [6.07, 6.45) is 7.66. The van der Waals surface area contributed by atoms with Gasteiger partial charge in [-0.25, -0.2) is 0 Å². The summed E-state index contributed by atoms with van der Waals surface area (Å²) in [5.41, 5.74) is 0. The molecule has 0 N–H and O–H groups in total. The minimum absolute atomic E-state index is 0.498. The molecule has 0 unspecified atom stereocenters. The van der Waals surface area contributed by atoms with Crippen LogP contribution in [0.3, 0.4) is 0 Å². The lowest BCUT2D eigenvalue weighted by molar-refractivity contribution is -0.297. The summed E-state index contributed by atoms with van der Waals surface area (Å²) in [6.45, 7) is 0. The zero-order valence-corrected chi connectivity index (χ0v) is 5.88. The molecule has 0 bridgehead atoms. The smallest absolute Gasteiger partial charge is 0.0639 e. The Kier molecular flexibility index (Phi) is 2.49. The molecule has 0 aromatic rings. The van der Waals surface area contributed by atoms with Gasteiger partial charge in [0.2, 0.25) is 0 Å². The SMILES string of the molecule is O=C([O-])/C=C/C1CCCC1. The molecule has 2 heteroatoms. The van der Waals surface area contributed by atoms with Gasteiger partial charge in [0.1, 0.15) is 0 Å². The number of allylic oxidation sites excluding steroid dienone is 1. The minimum Gasteiger partial charge on any atom is -0.545 e. The van der Waals surface area contributed by atoms with E-state index in [9.17, 15) is 9.90 Å². The van der Waals surface area contributed by atoms with Crippen LogP contribution in [0.2, 0.25) is 0 Å². The van der Waals surface area contributed by atoms with E-state index in [0.717, 1.165) is 18.9 Å². The van der Waals surface area contributed by atoms with Gasteiger partial charge in [-0.05, 0) is 24.8 Å². The van der Waals surface area contributed by atoms with Crippen molar-refractivity contribution in [1.82, 2.24) is 0 Å². The molecule has 0 heterocycles. The van der Waals surface area contributed by atoms with Gasteiger partial charge in [-0.15, -0.1) is 0 Å². The zero-order valence-electron chi connectivity index (χ0n) is 5.88. The molecule has 0 aromatic carbocycles. The molecule has 10 heavy (non-hydrogen) atoms. The summed E-state index contributed by atoms with van der Waals surface area (Å²) in [5, 5.41) is 9.96. The minimum atomic E-state index is -1.08. The molecule has 56 valence electrons. The molecule has 0 aromatic heterocycles. The van der Waals surface area contributed by atoms with Crippen molar-refractivity contribution in [1.29, 1.82) is 0 Å². The van der Waals surface area contributed by atoms with Crippen LogP contribution in [-0.2, 0) is 4.79 Å². The second kappa shape index (κ2) is 3.40. The topological polar surface area (TPSA) is 40.1 Å². The Labute approximate surface area is 60.6 Å². The lowest BCUT2D eigenvalue weighted by Crippen LogP contribution is -2.18. The first kappa shape index (κ1) is 7.32. The Morgan fingerprint density at radius 2 is 2.00 bits per heavy atom. The van der Waals surface area contributed by atoms with Crippen molar-refractivity contribution in [2.45, 2.75) is 25.7 Å². The number of hydrogen-bond acceptors (Lipinski definition) is 2. The van der Waals surface area contributed by atoms with E-state index in [1.54, 1.807) is 6.08 Å². The van der Waals surface area contributed by atoms with E-state index in [1.807, 2.05) is 0 Å². The third-order valence-corrected chi connectivity index (χ3v) is 1.90. The Morgan fingerprint density at radius 1 is 1.40 bits per heavy atom. The van der Waals surface area contributed by atoms with Gasteiger partial charge >= 0.3 is 0 Å². The molecule has 0 radical (unpaired) electrons. The third kappa shape index (κ3) is 2.21. The fraction of sp³-hybridized carbons (Fsp3) is 0.625. The number of carbonyl (C=O) groups excluding carboxylic acids is 1. The maximum absolute atomic E-state index is 9.96. The third-order valence-electron chi connectivity index (χ3n) is 1.90. The lowest BCUT2D eigenvalue weighted by atomic mass is 10.1. The Morgan fingerprint density at radius 3 is 2.50 bits per heavy atom. The highest BCUT2D eigenvalue weighted by atomic mass is 16.4. The molecule has 2 nitrogen and oxygen atoms in total. The number of carboxylic acids is 1. The van der Waals surface area contributed by atoms with Crippen molar-refractivity contribution in [2.75, 3.05) is 0 Å². The molecule has 1 aliphatic carbocycles. The van der Waals surface area contributed by atoms with Crippen LogP contribution in [-0.4, -0.2) is 5.97 Å². The van der Waals surface area contributed by atoms with Crippen LogP contribution in [0.15, 0.2) is 12.2 Å². The van der Waals surface area contributed by atoms with Crippen LogP contribution >= 0.6 is 0 Å². The van der Waals surface area contributed by atoms with Crippen molar-refractivity contribution in [3.8, 4) is 0 Å². The standard InChI is InChI=1S/C8H12O2/c9-8(10)6-5-7-3-1-2-4-7/h5-7H,1-4H2,(H,9,10)/p-1/b6-5+. The average molecular weight is 139 g/mol. The highest BCUT2D eigenvalue weighted by molar-refractivity contribution is 5.77. The first-order valence-corrected chi connectivity index (χ1v) is 3.68. The molecule has 0 spiro atoms. The number of rotatable bonds is 2. The summed E-state index contributed by atoms with van der Waals surface area (Å²) in [5.74, 6) is -0.579. The van der Waals surface area contributed by atoms with E-state index in [4.69, 9.17) is 0 Å². The molecule has 1 aliphatic rings.